The zero-order valence-corrected chi connectivity index (χ0v) is 10.1. The number of hydrogen-bond acceptors (Lipinski definition) is 2. The summed E-state index contributed by atoms with van der Waals surface area (Å²) < 4.78 is 0. The number of benzene rings is 1. The monoisotopic (exact) mass is 232 g/mol. The standard InChI is InChI=1S/C13H16N2O2/c1-3-12(16)14-9-15(13(17)4-2)11-8-6-5-7-10(11)14/h5-8H,3-4,9H2,1-2H3. The summed E-state index contributed by atoms with van der Waals surface area (Å²) in [6, 6.07) is 7.53. The summed E-state index contributed by atoms with van der Waals surface area (Å²) in [6.07, 6.45) is 0.894. The van der Waals surface area contributed by atoms with E-state index in [1.54, 1.807) is 9.80 Å². The molecule has 0 atom stereocenters. The number of rotatable bonds is 2. The van der Waals surface area contributed by atoms with Crippen LogP contribution in [0.1, 0.15) is 26.7 Å². The van der Waals surface area contributed by atoms with E-state index < -0.39 is 0 Å². The molecule has 0 unspecified atom stereocenters. The minimum absolute atomic E-state index is 0.0452. The lowest BCUT2D eigenvalue weighted by molar-refractivity contribution is -0.118. The minimum atomic E-state index is 0.0452. The van der Waals surface area contributed by atoms with Crippen LogP contribution in [-0.2, 0) is 9.59 Å². The van der Waals surface area contributed by atoms with E-state index in [1.165, 1.54) is 0 Å². The van der Waals surface area contributed by atoms with Crippen LogP contribution >= 0.6 is 0 Å². The van der Waals surface area contributed by atoms with E-state index in [2.05, 4.69) is 0 Å². The Morgan fingerprint density at radius 1 is 1.00 bits per heavy atom. The van der Waals surface area contributed by atoms with Gasteiger partial charge in [0.05, 0.1) is 11.4 Å². The first kappa shape index (κ1) is 11.6. The van der Waals surface area contributed by atoms with Gasteiger partial charge in [-0.2, -0.15) is 0 Å². The lowest BCUT2D eigenvalue weighted by Gasteiger charge is -2.18. The van der Waals surface area contributed by atoms with Crippen LogP contribution < -0.4 is 9.80 Å². The van der Waals surface area contributed by atoms with Gasteiger partial charge >= 0.3 is 0 Å². The Balaban J connectivity index is 2.39. The summed E-state index contributed by atoms with van der Waals surface area (Å²) in [5.74, 6) is 0.0905. The number of amides is 2. The number of anilines is 2. The van der Waals surface area contributed by atoms with Crippen LogP contribution in [0.3, 0.4) is 0 Å². The lowest BCUT2D eigenvalue weighted by Crippen LogP contribution is -2.38. The van der Waals surface area contributed by atoms with Crippen LogP contribution in [-0.4, -0.2) is 18.5 Å². The van der Waals surface area contributed by atoms with E-state index >= 15 is 0 Å². The van der Waals surface area contributed by atoms with Gasteiger partial charge in [0.25, 0.3) is 0 Å². The van der Waals surface area contributed by atoms with E-state index in [4.69, 9.17) is 0 Å². The third-order valence-electron chi connectivity index (χ3n) is 2.95. The second-order valence-corrected chi connectivity index (χ2v) is 3.98. The van der Waals surface area contributed by atoms with Crippen molar-refractivity contribution < 1.29 is 9.59 Å². The molecule has 0 aliphatic carbocycles. The Morgan fingerprint density at radius 3 is 1.76 bits per heavy atom. The molecule has 0 fully saturated rings. The summed E-state index contributed by atoms with van der Waals surface area (Å²) in [5, 5.41) is 0. The van der Waals surface area contributed by atoms with Crippen molar-refractivity contribution in [3.05, 3.63) is 24.3 Å². The van der Waals surface area contributed by atoms with Gasteiger partial charge in [-0.1, -0.05) is 26.0 Å². The average Bonchev–Trinajstić information content (AvgIpc) is 2.76. The van der Waals surface area contributed by atoms with E-state index in [1.807, 2.05) is 38.1 Å². The Bertz CT molecular complexity index is 415. The first-order valence-corrected chi connectivity index (χ1v) is 5.88. The van der Waals surface area contributed by atoms with Crippen LogP contribution in [0, 0.1) is 0 Å². The molecule has 90 valence electrons. The first-order valence-electron chi connectivity index (χ1n) is 5.88. The van der Waals surface area contributed by atoms with Crippen LogP contribution in [0.4, 0.5) is 11.4 Å². The first-order chi connectivity index (χ1) is 8.19. The highest BCUT2D eigenvalue weighted by molar-refractivity contribution is 6.06. The Morgan fingerprint density at radius 2 is 1.41 bits per heavy atom. The molecular formula is C13H16N2O2. The molecule has 2 amide bonds. The summed E-state index contributed by atoms with van der Waals surface area (Å²) in [7, 11) is 0. The van der Waals surface area contributed by atoms with Gasteiger partial charge in [0.2, 0.25) is 11.8 Å². The highest BCUT2D eigenvalue weighted by Crippen LogP contribution is 2.36. The Hall–Kier alpha value is -1.84. The largest absolute Gasteiger partial charge is 0.292 e. The zero-order chi connectivity index (χ0) is 12.4. The lowest BCUT2D eigenvalue weighted by atomic mass is 10.2. The fourth-order valence-electron chi connectivity index (χ4n) is 2.02. The van der Waals surface area contributed by atoms with Crippen molar-refractivity contribution in [2.24, 2.45) is 0 Å². The average molecular weight is 232 g/mol. The molecule has 0 saturated heterocycles. The van der Waals surface area contributed by atoms with Gasteiger partial charge in [0, 0.05) is 12.8 Å². The molecule has 1 aliphatic heterocycles. The molecule has 0 spiro atoms. The maximum absolute atomic E-state index is 11.8. The minimum Gasteiger partial charge on any atom is -0.292 e. The number of hydrogen-bond donors (Lipinski definition) is 0. The molecule has 1 heterocycles. The third kappa shape index (κ3) is 1.90. The molecule has 0 N–H and O–H groups in total. The molecule has 1 aromatic rings. The van der Waals surface area contributed by atoms with Crippen LogP contribution in [0.5, 0.6) is 0 Å². The number of nitrogens with zero attached hydrogens (tertiary/aromatic N) is 2. The van der Waals surface area contributed by atoms with Gasteiger partial charge in [0.15, 0.2) is 0 Å². The molecule has 0 saturated carbocycles. The molecular weight excluding hydrogens is 216 g/mol. The van der Waals surface area contributed by atoms with Crippen molar-refractivity contribution >= 4 is 23.2 Å². The summed E-state index contributed by atoms with van der Waals surface area (Å²) in [5.41, 5.74) is 1.67. The van der Waals surface area contributed by atoms with Crippen LogP contribution in [0.25, 0.3) is 0 Å². The van der Waals surface area contributed by atoms with Gasteiger partial charge in [-0.25, -0.2) is 0 Å². The van der Waals surface area contributed by atoms with Gasteiger partial charge in [-0.3, -0.25) is 19.4 Å². The predicted octanol–water partition coefficient (Wildman–Crippen LogP) is 2.14. The van der Waals surface area contributed by atoms with Crippen molar-refractivity contribution in [1.82, 2.24) is 0 Å². The molecule has 17 heavy (non-hydrogen) atoms. The molecule has 2 rings (SSSR count). The van der Waals surface area contributed by atoms with Crippen LogP contribution in [0.15, 0.2) is 24.3 Å². The number of carbonyl (C=O) groups is 2. The van der Waals surface area contributed by atoms with Crippen LogP contribution in [0.2, 0.25) is 0 Å². The van der Waals surface area contributed by atoms with E-state index in [9.17, 15) is 9.59 Å². The van der Waals surface area contributed by atoms with E-state index in [-0.39, 0.29) is 11.8 Å². The van der Waals surface area contributed by atoms with E-state index in [0.29, 0.717) is 19.5 Å². The fraction of sp³-hybridized carbons (Fsp3) is 0.385. The van der Waals surface area contributed by atoms with Gasteiger partial charge in [-0.15, -0.1) is 0 Å². The molecule has 0 bridgehead atoms. The quantitative estimate of drug-likeness (QED) is 0.783. The Kier molecular flexibility index (Phi) is 3.13. The van der Waals surface area contributed by atoms with Gasteiger partial charge < -0.3 is 0 Å². The summed E-state index contributed by atoms with van der Waals surface area (Å²) in [4.78, 5) is 27.0. The summed E-state index contributed by atoms with van der Waals surface area (Å²) >= 11 is 0. The Labute approximate surface area is 101 Å². The number of fused-ring (bicyclic) bond motifs is 1. The zero-order valence-electron chi connectivity index (χ0n) is 10.1. The normalized spacial score (nSPS) is 13.8. The smallest absolute Gasteiger partial charge is 0.228 e. The van der Waals surface area contributed by atoms with Crippen molar-refractivity contribution in [1.29, 1.82) is 0 Å². The maximum atomic E-state index is 11.8. The van der Waals surface area contributed by atoms with Crippen molar-refractivity contribution in [3.63, 3.8) is 0 Å². The predicted molar refractivity (Wildman–Crippen MR) is 66.9 cm³/mol. The molecule has 0 aromatic heterocycles. The molecule has 1 aliphatic rings. The summed E-state index contributed by atoms with van der Waals surface area (Å²) in [6.45, 7) is 4.00. The molecule has 4 nitrogen and oxygen atoms in total. The third-order valence-corrected chi connectivity index (χ3v) is 2.95. The second kappa shape index (κ2) is 4.57. The van der Waals surface area contributed by atoms with Crippen molar-refractivity contribution in [3.8, 4) is 0 Å². The number of carbonyl (C=O) groups excluding carboxylic acids is 2. The number of para-hydroxylation sites is 2. The highest BCUT2D eigenvalue weighted by Gasteiger charge is 2.31. The van der Waals surface area contributed by atoms with Crippen molar-refractivity contribution in [2.75, 3.05) is 16.5 Å². The maximum Gasteiger partial charge on any atom is 0.228 e. The molecule has 1 aromatic carbocycles. The van der Waals surface area contributed by atoms with E-state index in [0.717, 1.165) is 11.4 Å². The SMILES string of the molecule is CCC(=O)N1CN(C(=O)CC)c2ccccc21. The molecule has 0 radical (unpaired) electrons. The topological polar surface area (TPSA) is 40.6 Å². The highest BCUT2D eigenvalue weighted by atomic mass is 16.2. The fourth-order valence-corrected chi connectivity index (χ4v) is 2.02. The molecule has 4 heteroatoms. The van der Waals surface area contributed by atoms with Crippen molar-refractivity contribution in [2.45, 2.75) is 26.7 Å². The van der Waals surface area contributed by atoms with Gasteiger partial charge in [0.1, 0.15) is 6.67 Å². The van der Waals surface area contributed by atoms with Gasteiger partial charge in [-0.05, 0) is 12.1 Å². The second-order valence-electron chi connectivity index (χ2n) is 3.98.